The first kappa shape index (κ1) is 15.8. The fraction of sp³-hybridized carbons (Fsp3) is 0.312. The Morgan fingerprint density at radius 1 is 1.27 bits per heavy atom. The van der Waals surface area contributed by atoms with Gasteiger partial charge in [0.05, 0.1) is 0 Å². The van der Waals surface area contributed by atoms with E-state index in [0.717, 1.165) is 5.56 Å². The zero-order valence-corrected chi connectivity index (χ0v) is 12.3. The van der Waals surface area contributed by atoms with E-state index in [4.69, 9.17) is 0 Å². The summed E-state index contributed by atoms with van der Waals surface area (Å²) in [4.78, 5) is 23.8. The van der Waals surface area contributed by atoms with Crippen LogP contribution in [0.3, 0.4) is 0 Å². The number of carbonyl (C=O) groups is 2. The summed E-state index contributed by atoms with van der Waals surface area (Å²) in [5.41, 5.74) is 0.754. The first-order chi connectivity index (χ1) is 10.6. The number of nitrogens with zero attached hydrogens (tertiary/aromatic N) is 2. The number of aliphatic carboxylic acids is 1. The zero-order valence-electron chi connectivity index (χ0n) is 12.3. The third-order valence-electron chi connectivity index (χ3n) is 3.35. The van der Waals surface area contributed by atoms with E-state index in [1.165, 1.54) is 4.68 Å². The number of hydrogen-bond acceptors (Lipinski definition) is 3. The fourth-order valence-corrected chi connectivity index (χ4v) is 2.29. The largest absolute Gasteiger partial charge is 0.480 e. The molecule has 6 heteroatoms. The van der Waals surface area contributed by atoms with Crippen LogP contribution in [0.15, 0.2) is 48.8 Å². The molecule has 0 fully saturated rings. The summed E-state index contributed by atoms with van der Waals surface area (Å²) >= 11 is 0. The average Bonchev–Trinajstić information content (AvgIpc) is 3.02. The summed E-state index contributed by atoms with van der Waals surface area (Å²) in [7, 11) is 0. The van der Waals surface area contributed by atoms with Gasteiger partial charge in [0.1, 0.15) is 6.04 Å². The van der Waals surface area contributed by atoms with E-state index in [1.807, 2.05) is 37.3 Å². The van der Waals surface area contributed by atoms with Gasteiger partial charge in [-0.3, -0.25) is 9.48 Å². The lowest BCUT2D eigenvalue weighted by atomic mass is 10.1. The molecule has 0 radical (unpaired) electrons. The maximum absolute atomic E-state index is 12.6. The van der Waals surface area contributed by atoms with Gasteiger partial charge >= 0.3 is 5.97 Å². The standard InChI is InChI=1S/C16H19N3O3/c1-2-7-13(16(21)22)18-15(20)14(19-11-6-10-17-19)12-8-4-3-5-9-12/h3-6,8-11,13-14H,2,7H2,1H3,(H,18,20)(H,21,22). The van der Waals surface area contributed by atoms with Crippen molar-refractivity contribution in [3.63, 3.8) is 0 Å². The minimum Gasteiger partial charge on any atom is -0.480 e. The molecule has 0 spiro atoms. The number of hydrogen-bond donors (Lipinski definition) is 2. The lowest BCUT2D eigenvalue weighted by Crippen LogP contribution is -2.44. The molecular weight excluding hydrogens is 282 g/mol. The SMILES string of the molecule is CCCC(NC(=O)C(c1ccccc1)n1cccn1)C(=O)O. The summed E-state index contributed by atoms with van der Waals surface area (Å²) in [6.07, 6.45) is 4.34. The second-order valence-electron chi connectivity index (χ2n) is 4.99. The van der Waals surface area contributed by atoms with E-state index in [1.54, 1.807) is 18.5 Å². The van der Waals surface area contributed by atoms with Gasteiger partial charge in [-0.05, 0) is 18.1 Å². The number of benzene rings is 1. The summed E-state index contributed by atoms with van der Waals surface area (Å²) in [5, 5.41) is 15.9. The van der Waals surface area contributed by atoms with E-state index in [-0.39, 0.29) is 5.91 Å². The minimum atomic E-state index is -1.03. The smallest absolute Gasteiger partial charge is 0.326 e. The maximum atomic E-state index is 12.6. The number of nitrogens with one attached hydrogen (secondary N) is 1. The fourth-order valence-electron chi connectivity index (χ4n) is 2.29. The van der Waals surface area contributed by atoms with Crippen molar-refractivity contribution in [2.24, 2.45) is 0 Å². The second-order valence-corrected chi connectivity index (χ2v) is 4.99. The van der Waals surface area contributed by atoms with Crippen molar-refractivity contribution in [2.75, 3.05) is 0 Å². The first-order valence-corrected chi connectivity index (χ1v) is 7.20. The lowest BCUT2D eigenvalue weighted by molar-refractivity contribution is -0.142. The molecule has 1 heterocycles. The van der Waals surface area contributed by atoms with Gasteiger partial charge in [0.25, 0.3) is 0 Å². The van der Waals surface area contributed by atoms with Gasteiger partial charge in [-0.2, -0.15) is 5.10 Å². The molecule has 0 saturated carbocycles. The van der Waals surface area contributed by atoms with Gasteiger partial charge < -0.3 is 10.4 Å². The van der Waals surface area contributed by atoms with Crippen molar-refractivity contribution in [1.29, 1.82) is 0 Å². The first-order valence-electron chi connectivity index (χ1n) is 7.20. The van der Waals surface area contributed by atoms with Crippen molar-refractivity contribution in [3.8, 4) is 0 Å². The molecule has 0 aliphatic heterocycles. The quantitative estimate of drug-likeness (QED) is 0.817. The Morgan fingerprint density at radius 2 is 2.00 bits per heavy atom. The Hall–Kier alpha value is -2.63. The van der Waals surface area contributed by atoms with Crippen LogP contribution in [0, 0.1) is 0 Å². The van der Waals surface area contributed by atoms with Crippen LogP contribution in [0.1, 0.15) is 31.4 Å². The third kappa shape index (κ3) is 3.72. The van der Waals surface area contributed by atoms with E-state index in [9.17, 15) is 14.7 Å². The van der Waals surface area contributed by atoms with Crippen LogP contribution < -0.4 is 5.32 Å². The van der Waals surface area contributed by atoms with E-state index >= 15 is 0 Å². The lowest BCUT2D eigenvalue weighted by Gasteiger charge is -2.21. The second kappa shape index (κ2) is 7.40. The highest BCUT2D eigenvalue weighted by Gasteiger charge is 2.27. The minimum absolute atomic E-state index is 0.379. The zero-order chi connectivity index (χ0) is 15.9. The average molecular weight is 301 g/mol. The molecule has 0 saturated heterocycles. The summed E-state index contributed by atoms with van der Waals surface area (Å²) in [6.45, 7) is 1.88. The van der Waals surface area contributed by atoms with E-state index < -0.39 is 18.1 Å². The molecule has 1 aromatic heterocycles. The van der Waals surface area contributed by atoms with E-state index in [0.29, 0.717) is 12.8 Å². The molecule has 0 bridgehead atoms. The van der Waals surface area contributed by atoms with Crippen LogP contribution in [0.5, 0.6) is 0 Å². The van der Waals surface area contributed by atoms with Gasteiger partial charge in [-0.15, -0.1) is 0 Å². The molecule has 2 aromatic rings. The molecule has 2 rings (SSSR count). The number of carbonyl (C=O) groups excluding carboxylic acids is 1. The van der Waals surface area contributed by atoms with Gasteiger partial charge in [0.15, 0.2) is 6.04 Å². The number of aromatic nitrogens is 2. The number of amides is 1. The molecule has 2 N–H and O–H groups in total. The van der Waals surface area contributed by atoms with Gasteiger partial charge in [-0.25, -0.2) is 4.79 Å². The molecule has 6 nitrogen and oxygen atoms in total. The van der Waals surface area contributed by atoms with Crippen LogP contribution in [-0.4, -0.2) is 32.8 Å². The Bertz CT molecular complexity index is 611. The van der Waals surface area contributed by atoms with Crippen molar-refractivity contribution < 1.29 is 14.7 Å². The highest BCUT2D eigenvalue weighted by Crippen LogP contribution is 2.18. The molecule has 116 valence electrons. The normalized spacial score (nSPS) is 13.3. The molecule has 2 unspecified atom stereocenters. The van der Waals surface area contributed by atoms with Gasteiger partial charge in [0.2, 0.25) is 5.91 Å². The predicted molar refractivity (Wildman–Crippen MR) is 81.3 cm³/mol. The molecule has 2 atom stereocenters. The maximum Gasteiger partial charge on any atom is 0.326 e. The Balaban J connectivity index is 2.26. The van der Waals surface area contributed by atoms with Crippen molar-refractivity contribution in [3.05, 3.63) is 54.4 Å². The van der Waals surface area contributed by atoms with Crippen LogP contribution >= 0.6 is 0 Å². The molecule has 22 heavy (non-hydrogen) atoms. The van der Waals surface area contributed by atoms with Crippen LogP contribution in [0.4, 0.5) is 0 Å². The molecule has 0 aliphatic rings. The van der Waals surface area contributed by atoms with Crippen LogP contribution in [0.25, 0.3) is 0 Å². The summed E-state index contributed by atoms with van der Waals surface area (Å²) in [5.74, 6) is -1.40. The molecule has 0 aliphatic carbocycles. The monoisotopic (exact) mass is 301 g/mol. The highest BCUT2D eigenvalue weighted by molar-refractivity contribution is 5.88. The Morgan fingerprint density at radius 3 is 2.55 bits per heavy atom. The summed E-state index contributed by atoms with van der Waals surface area (Å²) in [6, 6.07) is 9.32. The highest BCUT2D eigenvalue weighted by atomic mass is 16.4. The van der Waals surface area contributed by atoms with Crippen LogP contribution in [0.2, 0.25) is 0 Å². The third-order valence-corrected chi connectivity index (χ3v) is 3.35. The van der Waals surface area contributed by atoms with Crippen LogP contribution in [-0.2, 0) is 9.59 Å². The number of carboxylic acids is 1. The van der Waals surface area contributed by atoms with Crippen molar-refractivity contribution in [2.45, 2.75) is 31.8 Å². The summed E-state index contributed by atoms with van der Waals surface area (Å²) < 4.78 is 1.52. The Labute approximate surface area is 128 Å². The van der Waals surface area contributed by atoms with Gasteiger partial charge in [0, 0.05) is 12.4 Å². The predicted octanol–water partition coefficient (Wildman–Crippen LogP) is 1.84. The molecular formula is C16H19N3O3. The topological polar surface area (TPSA) is 84.2 Å². The van der Waals surface area contributed by atoms with E-state index in [2.05, 4.69) is 10.4 Å². The Kier molecular flexibility index (Phi) is 5.30. The number of rotatable bonds is 7. The number of carboxylic acid groups (broad SMARTS) is 1. The van der Waals surface area contributed by atoms with Crippen molar-refractivity contribution in [1.82, 2.24) is 15.1 Å². The molecule has 1 amide bonds. The van der Waals surface area contributed by atoms with Crippen molar-refractivity contribution >= 4 is 11.9 Å². The molecule has 1 aromatic carbocycles. The van der Waals surface area contributed by atoms with Gasteiger partial charge in [-0.1, -0.05) is 43.7 Å².